The van der Waals surface area contributed by atoms with Gasteiger partial charge in [-0.05, 0) is 19.8 Å². The van der Waals surface area contributed by atoms with E-state index in [1.165, 1.54) is 0 Å². The first kappa shape index (κ1) is 11.0. The Bertz CT molecular complexity index is 218. The second kappa shape index (κ2) is 4.75. The van der Waals surface area contributed by atoms with E-state index in [9.17, 15) is 4.79 Å². The Morgan fingerprint density at radius 2 is 1.75 bits per heavy atom. The summed E-state index contributed by atoms with van der Waals surface area (Å²) >= 11 is 0. The van der Waals surface area contributed by atoms with Crippen LogP contribution in [0.2, 0.25) is 0 Å². The van der Waals surface area contributed by atoms with Gasteiger partial charge in [0.15, 0.2) is 0 Å². The lowest BCUT2D eigenvalue weighted by Crippen LogP contribution is -2.06. The third-order valence-electron chi connectivity index (χ3n) is 1.47. The third kappa shape index (κ3) is 3.96. The number of carboxylic acid groups (broad SMARTS) is 1. The van der Waals surface area contributed by atoms with Gasteiger partial charge in [-0.3, -0.25) is 0 Å². The first-order chi connectivity index (χ1) is 5.45. The Morgan fingerprint density at radius 1 is 1.25 bits per heavy atom. The van der Waals surface area contributed by atoms with E-state index in [0.717, 1.165) is 5.57 Å². The van der Waals surface area contributed by atoms with Crippen LogP contribution in [0.3, 0.4) is 0 Å². The van der Waals surface area contributed by atoms with Crippen LogP contribution in [0.1, 0.15) is 27.7 Å². The summed E-state index contributed by atoms with van der Waals surface area (Å²) in [7, 11) is 0. The molecule has 0 spiro atoms. The summed E-state index contributed by atoms with van der Waals surface area (Å²) in [6, 6.07) is 0. The molecule has 0 aromatic carbocycles. The maximum absolute atomic E-state index is 10.7. The second-order valence-electron chi connectivity index (χ2n) is 3.33. The minimum atomic E-state index is -0.831. The lowest BCUT2D eigenvalue weighted by atomic mass is 10.0. The average Bonchev–Trinajstić information content (AvgIpc) is 1.84. The van der Waals surface area contributed by atoms with Crippen LogP contribution in [-0.4, -0.2) is 11.1 Å². The van der Waals surface area contributed by atoms with E-state index in [4.69, 9.17) is 5.11 Å². The predicted molar refractivity (Wildman–Crippen MR) is 50.0 cm³/mol. The van der Waals surface area contributed by atoms with Crippen LogP contribution in [-0.2, 0) is 4.79 Å². The summed E-state index contributed by atoms with van der Waals surface area (Å²) in [6.45, 7) is 7.63. The first-order valence-corrected chi connectivity index (χ1v) is 4.03. The molecule has 1 N–H and O–H groups in total. The number of carbonyl (C=O) groups is 1. The summed E-state index contributed by atoms with van der Waals surface area (Å²) in [5, 5.41) is 8.76. The SMILES string of the molecule is CC(C)=C/C=C(\C(=O)O)C(C)C. The standard InChI is InChI=1S/C10H16O2/c1-7(2)5-6-9(8(3)4)10(11)12/h5-6,8H,1-4H3,(H,11,12)/b9-6-. The highest BCUT2D eigenvalue weighted by atomic mass is 16.4. The van der Waals surface area contributed by atoms with Gasteiger partial charge in [-0.15, -0.1) is 0 Å². The summed E-state index contributed by atoms with van der Waals surface area (Å²) in [6.07, 6.45) is 3.49. The molecular weight excluding hydrogens is 152 g/mol. The van der Waals surface area contributed by atoms with Crippen molar-refractivity contribution in [1.29, 1.82) is 0 Å². The second-order valence-corrected chi connectivity index (χ2v) is 3.33. The molecule has 2 nitrogen and oxygen atoms in total. The Labute approximate surface area is 73.6 Å². The zero-order valence-corrected chi connectivity index (χ0v) is 8.09. The normalized spacial score (nSPS) is 11.6. The van der Waals surface area contributed by atoms with Gasteiger partial charge in [0.2, 0.25) is 0 Å². The van der Waals surface area contributed by atoms with Gasteiger partial charge in [-0.1, -0.05) is 31.6 Å². The van der Waals surface area contributed by atoms with Gasteiger partial charge in [0.25, 0.3) is 0 Å². The fraction of sp³-hybridized carbons (Fsp3) is 0.500. The van der Waals surface area contributed by atoms with Crippen molar-refractivity contribution in [3.8, 4) is 0 Å². The number of hydrogen-bond acceptors (Lipinski definition) is 1. The third-order valence-corrected chi connectivity index (χ3v) is 1.47. The molecule has 0 radical (unpaired) electrons. The minimum absolute atomic E-state index is 0.0677. The van der Waals surface area contributed by atoms with Crippen LogP contribution >= 0.6 is 0 Å². The van der Waals surface area contributed by atoms with Crippen molar-refractivity contribution >= 4 is 5.97 Å². The molecule has 68 valence electrons. The molecule has 0 unspecified atom stereocenters. The monoisotopic (exact) mass is 168 g/mol. The maximum atomic E-state index is 10.7. The maximum Gasteiger partial charge on any atom is 0.331 e. The van der Waals surface area contributed by atoms with Crippen LogP contribution in [0.4, 0.5) is 0 Å². The van der Waals surface area contributed by atoms with E-state index < -0.39 is 5.97 Å². The van der Waals surface area contributed by atoms with Gasteiger partial charge in [-0.25, -0.2) is 4.79 Å². The highest BCUT2D eigenvalue weighted by Gasteiger charge is 2.09. The van der Waals surface area contributed by atoms with E-state index in [-0.39, 0.29) is 5.92 Å². The van der Waals surface area contributed by atoms with E-state index >= 15 is 0 Å². The van der Waals surface area contributed by atoms with Crippen molar-refractivity contribution in [2.75, 3.05) is 0 Å². The van der Waals surface area contributed by atoms with Gasteiger partial charge >= 0.3 is 5.97 Å². The molecule has 12 heavy (non-hydrogen) atoms. The minimum Gasteiger partial charge on any atom is -0.478 e. The Kier molecular flexibility index (Phi) is 4.34. The summed E-state index contributed by atoms with van der Waals surface area (Å²) < 4.78 is 0. The molecule has 2 heteroatoms. The van der Waals surface area contributed by atoms with E-state index in [0.29, 0.717) is 5.57 Å². The van der Waals surface area contributed by atoms with Gasteiger partial charge in [0.1, 0.15) is 0 Å². The molecule has 0 rings (SSSR count). The van der Waals surface area contributed by atoms with Crippen molar-refractivity contribution in [2.24, 2.45) is 5.92 Å². The van der Waals surface area contributed by atoms with Crippen molar-refractivity contribution in [1.82, 2.24) is 0 Å². The van der Waals surface area contributed by atoms with Crippen LogP contribution in [0.25, 0.3) is 0 Å². The number of aliphatic carboxylic acids is 1. The largest absolute Gasteiger partial charge is 0.478 e. The predicted octanol–water partition coefficient (Wildman–Crippen LogP) is 2.62. The summed E-state index contributed by atoms with van der Waals surface area (Å²) in [5.41, 5.74) is 1.56. The highest BCUT2D eigenvalue weighted by molar-refractivity contribution is 5.87. The molecule has 0 fully saturated rings. The quantitative estimate of drug-likeness (QED) is 0.519. The molecule has 0 atom stereocenters. The lowest BCUT2D eigenvalue weighted by Gasteiger charge is -2.03. The number of hydrogen-bond donors (Lipinski definition) is 1. The smallest absolute Gasteiger partial charge is 0.331 e. The topological polar surface area (TPSA) is 37.3 Å². The van der Waals surface area contributed by atoms with E-state index in [2.05, 4.69) is 0 Å². The molecule has 0 aromatic heterocycles. The number of carboxylic acids is 1. The van der Waals surface area contributed by atoms with E-state index in [1.54, 1.807) is 6.08 Å². The zero-order valence-electron chi connectivity index (χ0n) is 8.09. The van der Waals surface area contributed by atoms with Crippen LogP contribution in [0, 0.1) is 5.92 Å². The van der Waals surface area contributed by atoms with E-state index in [1.807, 2.05) is 33.8 Å². The van der Waals surface area contributed by atoms with Gasteiger partial charge in [0.05, 0.1) is 0 Å². The molecule has 0 aliphatic rings. The van der Waals surface area contributed by atoms with Gasteiger partial charge < -0.3 is 5.11 Å². The average molecular weight is 168 g/mol. The highest BCUT2D eigenvalue weighted by Crippen LogP contribution is 2.10. The summed E-state index contributed by atoms with van der Waals surface area (Å²) in [4.78, 5) is 10.7. The van der Waals surface area contributed by atoms with Crippen molar-refractivity contribution in [2.45, 2.75) is 27.7 Å². The van der Waals surface area contributed by atoms with Crippen molar-refractivity contribution in [3.05, 3.63) is 23.3 Å². The molecule has 0 bridgehead atoms. The number of rotatable bonds is 3. The van der Waals surface area contributed by atoms with Gasteiger partial charge in [0, 0.05) is 5.57 Å². The molecule has 0 aromatic rings. The lowest BCUT2D eigenvalue weighted by molar-refractivity contribution is -0.133. The molecule has 0 aliphatic carbocycles. The molecule has 0 saturated heterocycles. The Balaban J connectivity index is 4.63. The van der Waals surface area contributed by atoms with Gasteiger partial charge in [-0.2, -0.15) is 0 Å². The molecule has 0 saturated carbocycles. The molecule has 0 heterocycles. The first-order valence-electron chi connectivity index (χ1n) is 4.03. The zero-order chi connectivity index (χ0) is 9.72. The van der Waals surface area contributed by atoms with Crippen molar-refractivity contribution < 1.29 is 9.90 Å². The molecule has 0 amide bonds. The van der Waals surface area contributed by atoms with Crippen molar-refractivity contribution in [3.63, 3.8) is 0 Å². The Hall–Kier alpha value is -1.05. The molecular formula is C10H16O2. The summed E-state index contributed by atoms with van der Waals surface area (Å²) in [5.74, 6) is -0.763. The Morgan fingerprint density at radius 3 is 2.00 bits per heavy atom. The van der Waals surface area contributed by atoms with Crippen LogP contribution in [0.5, 0.6) is 0 Å². The van der Waals surface area contributed by atoms with Crippen LogP contribution < -0.4 is 0 Å². The van der Waals surface area contributed by atoms with Crippen LogP contribution in [0.15, 0.2) is 23.3 Å². The number of allylic oxidation sites excluding steroid dienone is 3. The fourth-order valence-electron chi connectivity index (χ4n) is 0.767. The molecule has 0 aliphatic heterocycles. The fourth-order valence-corrected chi connectivity index (χ4v) is 0.767.